The maximum atomic E-state index is 5.16. The highest BCUT2D eigenvalue weighted by molar-refractivity contribution is 9.10. The highest BCUT2D eigenvalue weighted by Gasteiger charge is 2.04. The molecule has 0 spiro atoms. The summed E-state index contributed by atoms with van der Waals surface area (Å²) >= 11 is 3.11. The minimum Gasteiger partial charge on any atom is -0.469 e. The molecule has 0 amide bonds. The molecule has 2 aromatic rings. The number of aromatic nitrogens is 2. The molecule has 0 unspecified atom stereocenters. The first-order chi connectivity index (χ1) is 6.34. The smallest absolute Gasteiger partial charge is 0.238 e. The molecule has 0 aliphatic rings. The van der Waals surface area contributed by atoms with Crippen LogP contribution in [0, 0.1) is 0 Å². The Labute approximate surface area is 83.1 Å². The van der Waals surface area contributed by atoms with E-state index in [4.69, 9.17) is 8.94 Å². The van der Waals surface area contributed by atoms with Crippen LogP contribution in [0.15, 0.2) is 32.1 Å². The first kappa shape index (κ1) is 8.50. The van der Waals surface area contributed by atoms with Gasteiger partial charge in [-0.1, -0.05) is 0 Å². The predicted molar refractivity (Wildman–Crippen MR) is 48.1 cm³/mol. The van der Waals surface area contributed by atoms with E-state index in [1.807, 2.05) is 12.1 Å². The lowest BCUT2D eigenvalue weighted by Crippen LogP contribution is -1.89. The summed E-state index contributed by atoms with van der Waals surface area (Å²) in [6.07, 6.45) is 3.13. The van der Waals surface area contributed by atoms with Crippen molar-refractivity contribution in [1.82, 2.24) is 10.1 Å². The van der Waals surface area contributed by atoms with Gasteiger partial charge in [0.1, 0.15) is 5.76 Å². The van der Waals surface area contributed by atoms with Crippen LogP contribution >= 0.6 is 15.9 Å². The molecule has 0 aliphatic carbocycles. The van der Waals surface area contributed by atoms with Crippen molar-refractivity contribution in [3.63, 3.8) is 0 Å². The highest BCUT2D eigenvalue weighted by Crippen LogP contribution is 2.08. The van der Waals surface area contributed by atoms with Gasteiger partial charge < -0.3 is 8.94 Å². The van der Waals surface area contributed by atoms with Crippen molar-refractivity contribution in [1.29, 1.82) is 0 Å². The molecule has 5 heteroatoms. The summed E-state index contributed by atoms with van der Waals surface area (Å²) in [5, 5.41) is 3.62. The zero-order chi connectivity index (χ0) is 9.10. The molecule has 0 aliphatic heterocycles. The van der Waals surface area contributed by atoms with Crippen molar-refractivity contribution in [2.75, 3.05) is 0 Å². The second-order valence-electron chi connectivity index (χ2n) is 2.54. The summed E-state index contributed by atoms with van der Waals surface area (Å²) in [5.41, 5.74) is 0. The van der Waals surface area contributed by atoms with Gasteiger partial charge in [0.15, 0.2) is 0 Å². The molecule has 13 heavy (non-hydrogen) atoms. The second-order valence-corrected chi connectivity index (χ2v) is 3.25. The topological polar surface area (TPSA) is 52.1 Å². The van der Waals surface area contributed by atoms with E-state index in [0.717, 1.165) is 12.2 Å². The van der Waals surface area contributed by atoms with Gasteiger partial charge in [0.05, 0.1) is 6.26 Å². The summed E-state index contributed by atoms with van der Waals surface area (Å²) < 4.78 is 10.6. The molecule has 2 aromatic heterocycles. The molecule has 0 bridgehead atoms. The first-order valence-corrected chi connectivity index (χ1v) is 4.64. The Bertz CT molecular complexity index is 369. The Hall–Kier alpha value is -1.10. The average Bonchev–Trinajstić information content (AvgIpc) is 2.71. The molecule has 0 fully saturated rings. The zero-order valence-corrected chi connectivity index (χ0v) is 8.32. The highest BCUT2D eigenvalue weighted by atomic mass is 79.9. The largest absolute Gasteiger partial charge is 0.469 e. The van der Waals surface area contributed by atoms with E-state index in [1.54, 1.807) is 6.26 Å². The van der Waals surface area contributed by atoms with Gasteiger partial charge in [0.2, 0.25) is 10.6 Å². The number of nitrogens with zero attached hydrogens (tertiary/aromatic N) is 2. The SMILES string of the molecule is Brc1noc(CCc2ccco2)n1. The predicted octanol–water partition coefficient (Wildman–Crippen LogP) is 2.21. The third-order valence-electron chi connectivity index (χ3n) is 1.61. The van der Waals surface area contributed by atoms with Crippen LogP contribution in [0.2, 0.25) is 0 Å². The number of furan rings is 1. The van der Waals surface area contributed by atoms with Crippen LogP contribution < -0.4 is 0 Å². The number of halogens is 1. The zero-order valence-electron chi connectivity index (χ0n) is 6.74. The van der Waals surface area contributed by atoms with E-state index < -0.39 is 0 Å². The van der Waals surface area contributed by atoms with Gasteiger partial charge in [-0.3, -0.25) is 0 Å². The van der Waals surface area contributed by atoms with Gasteiger partial charge >= 0.3 is 0 Å². The lowest BCUT2D eigenvalue weighted by Gasteiger charge is -1.90. The summed E-state index contributed by atoms with van der Waals surface area (Å²) in [6, 6.07) is 3.78. The quantitative estimate of drug-likeness (QED) is 0.829. The fourth-order valence-electron chi connectivity index (χ4n) is 1.02. The van der Waals surface area contributed by atoms with Crippen LogP contribution in [0.1, 0.15) is 11.7 Å². The minimum atomic E-state index is 0.488. The third-order valence-corrected chi connectivity index (χ3v) is 1.93. The first-order valence-electron chi connectivity index (χ1n) is 3.85. The van der Waals surface area contributed by atoms with E-state index in [9.17, 15) is 0 Å². The van der Waals surface area contributed by atoms with Crippen LogP contribution in [-0.2, 0) is 12.8 Å². The van der Waals surface area contributed by atoms with Crippen LogP contribution in [-0.4, -0.2) is 10.1 Å². The molecular weight excluding hydrogens is 236 g/mol. The van der Waals surface area contributed by atoms with Gasteiger partial charge in [0.25, 0.3) is 0 Å². The summed E-state index contributed by atoms with van der Waals surface area (Å²) in [4.78, 5) is 4.01. The molecule has 0 saturated heterocycles. The fraction of sp³-hybridized carbons (Fsp3) is 0.250. The van der Waals surface area contributed by atoms with Gasteiger partial charge in [-0.2, -0.15) is 4.98 Å². The van der Waals surface area contributed by atoms with Gasteiger partial charge in [-0.25, -0.2) is 0 Å². The molecule has 0 atom stereocenters. The van der Waals surface area contributed by atoms with Gasteiger partial charge in [-0.05, 0) is 33.2 Å². The molecule has 68 valence electrons. The Morgan fingerprint density at radius 2 is 2.31 bits per heavy atom. The lowest BCUT2D eigenvalue weighted by atomic mass is 10.2. The Morgan fingerprint density at radius 3 is 2.92 bits per heavy atom. The van der Waals surface area contributed by atoms with Crippen LogP contribution in [0.3, 0.4) is 0 Å². The van der Waals surface area contributed by atoms with E-state index in [0.29, 0.717) is 17.0 Å². The summed E-state index contributed by atoms with van der Waals surface area (Å²) in [6.45, 7) is 0. The van der Waals surface area contributed by atoms with Crippen molar-refractivity contribution >= 4 is 15.9 Å². The molecular formula is C8H7BrN2O2. The Morgan fingerprint density at radius 1 is 1.38 bits per heavy atom. The number of aryl methyl sites for hydroxylation is 2. The molecule has 0 aromatic carbocycles. The van der Waals surface area contributed by atoms with E-state index in [-0.39, 0.29) is 0 Å². The van der Waals surface area contributed by atoms with Crippen molar-refractivity contribution in [2.45, 2.75) is 12.8 Å². The molecule has 4 nitrogen and oxygen atoms in total. The molecule has 0 saturated carbocycles. The molecule has 0 N–H and O–H groups in total. The van der Waals surface area contributed by atoms with E-state index in [2.05, 4.69) is 26.1 Å². The van der Waals surface area contributed by atoms with Crippen LogP contribution in [0.5, 0.6) is 0 Å². The van der Waals surface area contributed by atoms with Crippen LogP contribution in [0.25, 0.3) is 0 Å². The van der Waals surface area contributed by atoms with Crippen molar-refractivity contribution in [3.05, 3.63) is 34.8 Å². The fourth-order valence-corrected chi connectivity index (χ4v) is 1.29. The van der Waals surface area contributed by atoms with E-state index >= 15 is 0 Å². The maximum Gasteiger partial charge on any atom is 0.238 e. The van der Waals surface area contributed by atoms with Crippen molar-refractivity contribution in [3.8, 4) is 0 Å². The van der Waals surface area contributed by atoms with Crippen molar-refractivity contribution < 1.29 is 8.94 Å². The lowest BCUT2D eigenvalue weighted by molar-refractivity contribution is 0.370. The normalized spacial score (nSPS) is 10.5. The molecule has 2 rings (SSSR count). The van der Waals surface area contributed by atoms with Crippen LogP contribution in [0.4, 0.5) is 0 Å². The summed E-state index contributed by atoms with van der Waals surface area (Å²) in [5.74, 6) is 1.54. The number of hydrogen-bond donors (Lipinski definition) is 0. The third kappa shape index (κ3) is 2.18. The summed E-state index contributed by atoms with van der Waals surface area (Å²) in [7, 11) is 0. The van der Waals surface area contributed by atoms with Crippen molar-refractivity contribution in [2.24, 2.45) is 0 Å². The Kier molecular flexibility index (Phi) is 2.44. The number of hydrogen-bond acceptors (Lipinski definition) is 4. The molecule has 0 radical (unpaired) electrons. The minimum absolute atomic E-state index is 0.488. The monoisotopic (exact) mass is 242 g/mol. The maximum absolute atomic E-state index is 5.16. The van der Waals surface area contributed by atoms with E-state index in [1.165, 1.54) is 0 Å². The Balaban J connectivity index is 1.93. The molecule has 2 heterocycles. The van der Waals surface area contributed by atoms with Gasteiger partial charge in [0, 0.05) is 12.8 Å². The second kappa shape index (κ2) is 3.74. The average molecular weight is 243 g/mol. The standard InChI is InChI=1S/C8H7BrN2O2/c9-8-10-7(13-11-8)4-3-6-2-1-5-12-6/h1-2,5H,3-4H2. The van der Waals surface area contributed by atoms with Gasteiger partial charge in [-0.15, -0.1) is 0 Å². The number of rotatable bonds is 3.